The van der Waals surface area contributed by atoms with Crippen LogP contribution in [0.5, 0.6) is 0 Å². The summed E-state index contributed by atoms with van der Waals surface area (Å²) in [5.41, 5.74) is 2.31. The zero-order chi connectivity index (χ0) is 16.5. The molecule has 1 aliphatic heterocycles. The molecule has 5 nitrogen and oxygen atoms in total. The predicted octanol–water partition coefficient (Wildman–Crippen LogP) is 2.96. The van der Waals surface area contributed by atoms with Gasteiger partial charge in [0.15, 0.2) is 0 Å². The summed E-state index contributed by atoms with van der Waals surface area (Å²) in [6.07, 6.45) is 0. The summed E-state index contributed by atoms with van der Waals surface area (Å²) < 4.78 is 5.47. The lowest BCUT2D eigenvalue weighted by atomic mass is 9.95. The topological polar surface area (TPSA) is 67.4 Å². The van der Waals surface area contributed by atoms with Crippen molar-refractivity contribution in [2.75, 3.05) is 0 Å². The highest BCUT2D eigenvalue weighted by Crippen LogP contribution is 2.29. The molecule has 0 aliphatic carbocycles. The van der Waals surface area contributed by atoms with E-state index in [1.807, 2.05) is 52.0 Å². The van der Waals surface area contributed by atoms with E-state index in [4.69, 9.17) is 4.74 Å². The number of esters is 1. The van der Waals surface area contributed by atoms with Gasteiger partial charge in [0.05, 0.1) is 11.6 Å². The average Bonchev–Trinajstić information content (AvgIpc) is 2.36. The first-order valence-corrected chi connectivity index (χ1v) is 7.25. The van der Waals surface area contributed by atoms with E-state index < -0.39 is 17.6 Å². The molecule has 0 saturated carbocycles. The van der Waals surface area contributed by atoms with E-state index in [1.54, 1.807) is 6.92 Å². The van der Waals surface area contributed by atoms with Gasteiger partial charge in [-0.25, -0.2) is 9.59 Å². The van der Waals surface area contributed by atoms with E-state index in [2.05, 4.69) is 10.6 Å². The van der Waals surface area contributed by atoms with Crippen LogP contribution in [-0.2, 0) is 9.53 Å². The first kappa shape index (κ1) is 16.1. The number of nitrogens with one attached hydrogen (secondary N) is 2. The van der Waals surface area contributed by atoms with Crippen molar-refractivity contribution >= 4 is 12.0 Å². The van der Waals surface area contributed by atoms with Crippen molar-refractivity contribution in [3.05, 3.63) is 46.7 Å². The van der Waals surface area contributed by atoms with Crippen molar-refractivity contribution in [1.82, 2.24) is 10.6 Å². The SMILES string of the molecule is CC1=C(C(=O)OC(C)(C)C)[C@@H](c2ccc(C)cc2)NC(=O)N1. The van der Waals surface area contributed by atoms with Gasteiger partial charge >= 0.3 is 12.0 Å². The predicted molar refractivity (Wildman–Crippen MR) is 84.1 cm³/mol. The van der Waals surface area contributed by atoms with Gasteiger partial charge < -0.3 is 15.4 Å². The summed E-state index contributed by atoms with van der Waals surface area (Å²) in [5, 5.41) is 5.43. The van der Waals surface area contributed by atoms with Gasteiger partial charge in [-0.05, 0) is 40.2 Å². The molecule has 0 unspecified atom stereocenters. The van der Waals surface area contributed by atoms with E-state index in [-0.39, 0.29) is 6.03 Å². The molecule has 0 fully saturated rings. The number of hydrogen-bond acceptors (Lipinski definition) is 3. The Kier molecular flexibility index (Phi) is 4.26. The van der Waals surface area contributed by atoms with Crippen LogP contribution in [0.25, 0.3) is 0 Å². The van der Waals surface area contributed by atoms with Crippen molar-refractivity contribution in [3.63, 3.8) is 0 Å². The van der Waals surface area contributed by atoms with Crippen molar-refractivity contribution in [2.24, 2.45) is 0 Å². The minimum absolute atomic E-state index is 0.324. The lowest BCUT2D eigenvalue weighted by Gasteiger charge is -2.30. The smallest absolute Gasteiger partial charge is 0.338 e. The van der Waals surface area contributed by atoms with Gasteiger partial charge in [-0.3, -0.25) is 0 Å². The van der Waals surface area contributed by atoms with Crippen LogP contribution in [0.4, 0.5) is 4.79 Å². The lowest BCUT2D eigenvalue weighted by Crippen LogP contribution is -2.46. The second-order valence-corrected chi connectivity index (χ2v) is 6.48. The summed E-state index contributed by atoms with van der Waals surface area (Å²) in [7, 11) is 0. The fourth-order valence-corrected chi connectivity index (χ4v) is 2.31. The van der Waals surface area contributed by atoms with E-state index >= 15 is 0 Å². The second kappa shape index (κ2) is 5.83. The maximum absolute atomic E-state index is 12.5. The Hall–Kier alpha value is -2.30. The number of carbonyl (C=O) groups is 2. The fourth-order valence-electron chi connectivity index (χ4n) is 2.31. The van der Waals surface area contributed by atoms with Crippen molar-refractivity contribution in [3.8, 4) is 0 Å². The van der Waals surface area contributed by atoms with E-state index in [0.717, 1.165) is 11.1 Å². The quantitative estimate of drug-likeness (QED) is 0.825. The van der Waals surface area contributed by atoms with Crippen LogP contribution < -0.4 is 10.6 Å². The molecule has 2 rings (SSSR count). The molecular formula is C17H22N2O3. The normalized spacial score (nSPS) is 18.6. The Morgan fingerprint density at radius 3 is 2.27 bits per heavy atom. The van der Waals surface area contributed by atoms with Crippen LogP contribution in [-0.4, -0.2) is 17.6 Å². The molecule has 0 spiro atoms. The van der Waals surface area contributed by atoms with Gasteiger partial charge in [0.25, 0.3) is 0 Å². The standard InChI is InChI=1S/C17H22N2O3/c1-10-6-8-12(9-7-10)14-13(11(2)18-16(21)19-14)15(20)22-17(3,4)5/h6-9,14H,1-5H3,(H2,18,19,21)/t14-/m1/s1. The van der Waals surface area contributed by atoms with E-state index in [0.29, 0.717) is 11.3 Å². The summed E-state index contributed by atoms with van der Waals surface area (Å²) >= 11 is 0. The van der Waals surface area contributed by atoms with Gasteiger partial charge in [-0.1, -0.05) is 29.8 Å². The van der Waals surface area contributed by atoms with Crippen LogP contribution in [0.3, 0.4) is 0 Å². The lowest BCUT2D eigenvalue weighted by molar-refractivity contribution is -0.150. The summed E-state index contributed by atoms with van der Waals surface area (Å²) in [6, 6.07) is 6.88. The van der Waals surface area contributed by atoms with Crippen molar-refractivity contribution in [1.29, 1.82) is 0 Å². The monoisotopic (exact) mass is 302 g/mol. The number of benzene rings is 1. The number of allylic oxidation sites excluding steroid dienone is 1. The van der Waals surface area contributed by atoms with Crippen LogP contribution in [0.15, 0.2) is 35.5 Å². The second-order valence-electron chi connectivity index (χ2n) is 6.48. The number of ether oxygens (including phenoxy) is 1. The minimum Gasteiger partial charge on any atom is -0.456 e. The summed E-state index contributed by atoms with van der Waals surface area (Å²) in [4.78, 5) is 24.3. The highest BCUT2D eigenvalue weighted by atomic mass is 16.6. The molecule has 0 saturated heterocycles. The maximum Gasteiger partial charge on any atom is 0.338 e. The molecule has 0 bridgehead atoms. The molecule has 118 valence electrons. The Morgan fingerprint density at radius 1 is 1.14 bits per heavy atom. The molecule has 2 N–H and O–H groups in total. The first-order valence-electron chi connectivity index (χ1n) is 7.25. The number of aryl methyl sites for hydroxylation is 1. The molecule has 0 aromatic heterocycles. The van der Waals surface area contributed by atoms with E-state index in [9.17, 15) is 9.59 Å². The third-order valence-electron chi connectivity index (χ3n) is 3.30. The van der Waals surface area contributed by atoms with Gasteiger partial charge in [-0.15, -0.1) is 0 Å². The number of rotatable bonds is 2. The zero-order valence-corrected chi connectivity index (χ0v) is 13.6. The third-order valence-corrected chi connectivity index (χ3v) is 3.30. The van der Waals surface area contributed by atoms with Gasteiger partial charge in [0.1, 0.15) is 5.60 Å². The molecule has 1 aromatic rings. The zero-order valence-electron chi connectivity index (χ0n) is 13.6. The molecule has 1 heterocycles. The van der Waals surface area contributed by atoms with Crippen molar-refractivity contribution < 1.29 is 14.3 Å². The van der Waals surface area contributed by atoms with Crippen LogP contribution in [0.1, 0.15) is 44.9 Å². The molecule has 5 heteroatoms. The van der Waals surface area contributed by atoms with Gasteiger partial charge in [-0.2, -0.15) is 0 Å². The third kappa shape index (κ3) is 3.67. The summed E-state index contributed by atoms with van der Waals surface area (Å²) in [5.74, 6) is -0.428. The largest absolute Gasteiger partial charge is 0.456 e. The number of hydrogen-bond donors (Lipinski definition) is 2. The Morgan fingerprint density at radius 2 is 1.73 bits per heavy atom. The Bertz CT molecular complexity index is 624. The molecule has 1 aliphatic rings. The molecule has 1 atom stereocenters. The number of carbonyl (C=O) groups excluding carboxylic acids is 2. The Balaban J connectivity index is 2.41. The average molecular weight is 302 g/mol. The highest BCUT2D eigenvalue weighted by molar-refractivity contribution is 5.95. The van der Waals surface area contributed by atoms with Gasteiger partial charge in [0.2, 0.25) is 0 Å². The first-order chi connectivity index (χ1) is 10.2. The number of urea groups is 1. The van der Waals surface area contributed by atoms with Gasteiger partial charge in [0, 0.05) is 5.70 Å². The number of amides is 2. The van der Waals surface area contributed by atoms with Crippen LogP contribution in [0.2, 0.25) is 0 Å². The van der Waals surface area contributed by atoms with E-state index in [1.165, 1.54) is 0 Å². The van der Waals surface area contributed by atoms with Crippen LogP contribution >= 0.6 is 0 Å². The molecule has 1 aromatic carbocycles. The highest BCUT2D eigenvalue weighted by Gasteiger charge is 2.33. The summed E-state index contributed by atoms with van der Waals surface area (Å²) in [6.45, 7) is 9.14. The minimum atomic E-state index is -0.594. The maximum atomic E-state index is 12.5. The molecule has 22 heavy (non-hydrogen) atoms. The Labute approximate surface area is 130 Å². The molecule has 0 radical (unpaired) electrons. The van der Waals surface area contributed by atoms with Crippen molar-refractivity contribution in [2.45, 2.75) is 46.3 Å². The molecular weight excluding hydrogens is 280 g/mol. The fraction of sp³-hybridized carbons (Fsp3) is 0.412. The molecule has 2 amide bonds. The van der Waals surface area contributed by atoms with Crippen LogP contribution in [0, 0.1) is 6.92 Å².